The standard InChI is InChI=1S/C11H16F3N3O/c1-3-18-10-7-9(16-8(2)17-10)15-6-4-5-11(12,13)14/h7H,3-6H2,1-2H3,(H,15,16,17). The predicted octanol–water partition coefficient (Wildman–Crippen LogP) is 2.94. The third-order valence-corrected chi connectivity index (χ3v) is 2.05. The van der Waals surface area contributed by atoms with Gasteiger partial charge in [0.05, 0.1) is 6.61 Å². The third-order valence-electron chi connectivity index (χ3n) is 2.05. The Balaban J connectivity index is 2.46. The summed E-state index contributed by atoms with van der Waals surface area (Å²) in [7, 11) is 0. The van der Waals surface area contributed by atoms with Gasteiger partial charge >= 0.3 is 6.18 Å². The Hall–Kier alpha value is -1.53. The summed E-state index contributed by atoms with van der Waals surface area (Å²) < 4.78 is 41.0. The fraction of sp³-hybridized carbons (Fsp3) is 0.636. The van der Waals surface area contributed by atoms with E-state index in [4.69, 9.17) is 4.74 Å². The molecule has 1 aromatic rings. The number of anilines is 1. The van der Waals surface area contributed by atoms with Crippen LogP contribution in [0.15, 0.2) is 6.07 Å². The van der Waals surface area contributed by atoms with Crippen LogP contribution in [-0.4, -0.2) is 29.3 Å². The minimum atomic E-state index is -4.11. The minimum Gasteiger partial charge on any atom is -0.478 e. The summed E-state index contributed by atoms with van der Waals surface area (Å²) in [6, 6.07) is 1.57. The molecule has 0 unspecified atom stereocenters. The number of alkyl halides is 3. The Labute approximate surface area is 104 Å². The summed E-state index contributed by atoms with van der Waals surface area (Å²) >= 11 is 0. The normalized spacial score (nSPS) is 11.4. The monoisotopic (exact) mass is 263 g/mol. The Bertz CT molecular complexity index is 382. The van der Waals surface area contributed by atoms with Crippen molar-refractivity contribution in [1.82, 2.24) is 9.97 Å². The van der Waals surface area contributed by atoms with E-state index >= 15 is 0 Å². The van der Waals surface area contributed by atoms with Gasteiger partial charge in [-0.25, -0.2) is 4.98 Å². The smallest absolute Gasteiger partial charge is 0.389 e. The maximum atomic E-state index is 11.9. The number of ether oxygens (including phenoxy) is 1. The van der Waals surface area contributed by atoms with Gasteiger partial charge in [-0.3, -0.25) is 0 Å². The van der Waals surface area contributed by atoms with E-state index in [9.17, 15) is 13.2 Å². The lowest BCUT2D eigenvalue weighted by Crippen LogP contribution is -2.12. The number of hydrogen-bond donors (Lipinski definition) is 1. The highest BCUT2D eigenvalue weighted by Crippen LogP contribution is 2.21. The van der Waals surface area contributed by atoms with Gasteiger partial charge in [-0.2, -0.15) is 18.2 Å². The van der Waals surface area contributed by atoms with Crippen LogP contribution in [-0.2, 0) is 0 Å². The lowest BCUT2D eigenvalue weighted by Gasteiger charge is -2.09. The second-order valence-corrected chi connectivity index (χ2v) is 3.72. The van der Waals surface area contributed by atoms with E-state index < -0.39 is 12.6 Å². The number of nitrogens with one attached hydrogen (secondary N) is 1. The number of rotatable bonds is 6. The Morgan fingerprint density at radius 3 is 2.67 bits per heavy atom. The highest BCUT2D eigenvalue weighted by molar-refractivity contribution is 5.38. The zero-order valence-corrected chi connectivity index (χ0v) is 10.3. The van der Waals surface area contributed by atoms with Crippen molar-refractivity contribution in [3.63, 3.8) is 0 Å². The van der Waals surface area contributed by atoms with Gasteiger partial charge in [-0.05, 0) is 20.3 Å². The van der Waals surface area contributed by atoms with Crippen LogP contribution in [0.25, 0.3) is 0 Å². The van der Waals surface area contributed by atoms with Gasteiger partial charge in [0, 0.05) is 19.0 Å². The molecule has 0 radical (unpaired) electrons. The SMILES string of the molecule is CCOc1cc(NCCCC(F)(F)F)nc(C)n1. The highest BCUT2D eigenvalue weighted by Gasteiger charge is 2.25. The molecule has 102 valence electrons. The first-order valence-electron chi connectivity index (χ1n) is 5.70. The molecule has 1 aromatic heterocycles. The van der Waals surface area contributed by atoms with Gasteiger partial charge in [-0.15, -0.1) is 0 Å². The van der Waals surface area contributed by atoms with Crippen LogP contribution >= 0.6 is 0 Å². The number of aromatic nitrogens is 2. The number of halogens is 3. The van der Waals surface area contributed by atoms with Crippen molar-refractivity contribution in [3.8, 4) is 5.88 Å². The molecule has 18 heavy (non-hydrogen) atoms. The highest BCUT2D eigenvalue weighted by atomic mass is 19.4. The first-order chi connectivity index (χ1) is 8.40. The molecule has 0 aromatic carbocycles. The molecule has 1 rings (SSSR count). The van der Waals surface area contributed by atoms with Crippen LogP contribution in [0.3, 0.4) is 0 Å². The number of nitrogens with zero attached hydrogens (tertiary/aromatic N) is 2. The fourth-order valence-corrected chi connectivity index (χ4v) is 1.36. The van der Waals surface area contributed by atoms with Crippen molar-refractivity contribution in [3.05, 3.63) is 11.9 Å². The van der Waals surface area contributed by atoms with Gasteiger partial charge in [0.1, 0.15) is 11.6 Å². The minimum absolute atomic E-state index is 0.0104. The third kappa shape index (κ3) is 5.70. The fourth-order valence-electron chi connectivity index (χ4n) is 1.36. The summed E-state index contributed by atoms with van der Waals surface area (Å²) in [6.45, 7) is 4.21. The van der Waals surface area contributed by atoms with Crippen molar-refractivity contribution < 1.29 is 17.9 Å². The molecule has 0 aliphatic heterocycles. The molecule has 0 aliphatic carbocycles. The summed E-state index contributed by atoms with van der Waals surface area (Å²) in [5.74, 6) is 1.41. The zero-order valence-electron chi connectivity index (χ0n) is 10.3. The van der Waals surface area contributed by atoms with Gasteiger partial charge in [0.2, 0.25) is 5.88 Å². The lowest BCUT2D eigenvalue weighted by molar-refractivity contribution is -0.134. The first kappa shape index (κ1) is 14.5. The van der Waals surface area contributed by atoms with E-state index in [0.717, 1.165) is 0 Å². The van der Waals surface area contributed by atoms with Gasteiger partial charge in [-0.1, -0.05) is 0 Å². The van der Waals surface area contributed by atoms with Crippen LogP contribution in [0.5, 0.6) is 5.88 Å². The van der Waals surface area contributed by atoms with Crippen LogP contribution in [0.2, 0.25) is 0 Å². The molecular weight excluding hydrogens is 247 g/mol. The Morgan fingerprint density at radius 2 is 2.06 bits per heavy atom. The van der Waals surface area contributed by atoms with E-state index in [1.165, 1.54) is 0 Å². The zero-order chi connectivity index (χ0) is 13.6. The quantitative estimate of drug-likeness (QED) is 0.802. The van der Waals surface area contributed by atoms with Gasteiger partial charge in [0.25, 0.3) is 0 Å². The summed E-state index contributed by atoms with van der Waals surface area (Å²) in [5, 5.41) is 2.83. The Morgan fingerprint density at radius 1 is 1.33 bits per heavy atom. The van der Waals surface area contributed by atoms with Crippen molar-refractivity contribution in [2.24, 2.45) is 0 Å². The van der Waals surface area contributed by atoms with Crippen molar-refractivity contribution >= 4 is 5.82 Å². The molecule has 0 atom stereocenters. The van der Waals surface area contributed by atoms with Crippen molar-refractivity contribution in [1.29, 1.82) is 0 Å². The molecule has 1 heterocycles. The summed E-state index contributed by atoms with van der Waals surface area (Å²) in [4.78, 5) is 8.10. The summed E-state index contributed by atoms with van der Waals surface area (Å²) in [5.41, 5.74) is 0. The second kappa shape index (κ2) is 6.42. The number of hydrogen-bond acceptors (Lipinski definition) is 4. The molecule has 0 bridgehead atoms. The largest absolute Gasteiger partial charge is 0.478 e. The molecule has 1 N–H and O–H groups in total. The predicted molar refractivity (Wildman–Crippen MR) is 61.7 cm³/mol. The maximum Gasteiger partial charge on any atom is 0.389 e. The van der Waals surface area contributed by atoms with E-state index in [0.29, 0.717) is 24.1 Å². The molecule has 0 amide bonds. The van der Waals surface area contributed by atoms with Crippen LogP contribution in [0.4, 0.5) is 19.0 Å². The van der Waals surface area contributed by atoms with Crippen molar-refractivity contribution in [2.45, 2.75) is 32.9 Å². The first-order valence-corrected chi connectivity index (χ1v) is 5.70. The van der Waals surface area contributed by atoms with E-state index in [2.05, 4.69) is 15.3 Å². The van der Waals surface area contributed by atoms with Crippen LogP contribution in [0.1, 0.15) is 25.6 Å². The molecule has 0 saturated heterocycles. The Kier molecular flexibility index (Phi) is 5.18. The maximum absolute atomic E-state index is 11.9. The average Bonchev–Trinajstić information content (AvgIpc) is 2.23. The second-order valence-electron chi connectivity index (χ2n) is 3.72. The average molecular weight is 263 g/mol. The van der Waals surface area contributed by atoms with E-state index in [-0.39, 0.29) is 13.0 Å². The summed E-state index contributed by atoms with van der Waals surface area (Å²) in [6.07, 6.45) is -4.90. The van der Waals surface area contributed by atoms with Crippen LogP contribution < -0.4 is 10.1 Å². The van der Waals surface area contributed by atoms with E-state index in [1.54, 1.807) is 13.0 Å². The molecule has 7 heteroatoms. The van der Waals surface area contributed by atoms with Crippen molar-refractivity contribution in [2.75, 3.05) is 18.5 Å². The van der Waals surface area contributed by atoms with Crippen LogP contribution in [0, 0.1) is 6.92 Å². The molecule has 0 saturated carbocycles. The van der Waals surface area contributed by atoms with Gasteiger partial charge in [0.15, 0.2) is 0 Å². The van der Waals surface area contributed by atoms with Gasteiger partial charge < -0.3 is 10.1 Å². The molecule has 0 spiro atoms. The molecule has 4 nitrogen and oxygen atoms in total. The number of aryl methyl sites for hydroxylation is 1. The topological polar surface area (TPSA) is 47.0 Å². The lowest BCUT2D eigenvalue weighted by atomic mass is 10.3. The molecule has 0 aliphatic rings. The van der Waals surface area contributed by atoms with E-state index in [1.807, 2.05) is 6.92 Å². The molecule has 0 fully saturated rings. The molecular formula is C11H16F3N3O.